The van der Waals surface area contributed by atoms with Crippen LogP contribution in [0.4, 0.5) is 5.69 Å². The number of fused-ring (bicyclic) bond motifs is 1. The van der Waals surface area contributed by atoms with Crippen LogP contribution in [0, 0.1) is 13.8 Å². The molecule has 26 heavy (non-hydrogen) atoms. The predicted octanol–water partition coefficient (Wildman–Crippen LogP) is 3.16. The van der Waals surface area contributed by atoms with Crippen molar-refractivity contribution in [1.29, 1.82) is 0 Å². The van der Waals surface area contributed by atoms with Gasteiger partial charge in [-0.15, -0.1) is 11.3 Å². The van der Waals surface area contributed by atoms with Crippen LogP contribution in [-0.2, 0) is 18.9 Å². The first-order chi connectivity index (χ1) is 12.3. The lowest BCUT2D eigenvalue weighted by molar-refractivity contribution is -0.116. The number of Topliss-reactive ketones (excluding diaryl/α,β-unsaturated/α-hetero) is 1. The van der Waals surface area contributed by atoms with Crippen molar-refractivity contribution in [3.63, 3.8) is 0 Å². The highest BCUT2D eigenvalue weighted by Crippen LogP contribution is 2.22. The molecule has 7 heteroatoms. The highest BCUT2D eigenvalue weighted by atomic mass is 32.1. The van der Waals surface area contributed by atoms with Crippen molar-refractivity contribution in [2.24, 2.45) is 14.1 Å². The van der Waals surface area contributed by atoms with Gasteiger partial charge < -0.3 is 5.32 Å². The Morgan fingerprint density at radius 1 is 1.04 bits per heavy atom. The van der Waals surface area contributed by atoms with Crippen LogP contribution in [0.5, 0.6) is 0 Å². The average molecular weight is 371 g/mol. The van der Waals surface area contributed by atoms with E-state index in [1.807, 2.05) is 19.9 Å². The Kier molecular flexibility index (Phi) is 4.82. The summed E-state index contributed by atoms with van der Waals surface area (Å²) in [4.78, 5) is 38.5. The van der Waals surface area contributed by atoms with Crippen molar-refractivity contribution >= 4 is 39.7 Å². The molecule has 0 saturated carbocycles. The van der Waals surface area contributed by atoms with Gasteiger partial charge in [-0.25, -0.2) is 4.79 Å². The van der Waals surface area contributed by atoms with Crippen LogP contribution in [0.15, 0.2) is 29.1 Å². The van der Waals surface area contributed by atoms with Gasteiger partial charge in [-0.05, 0) is 38.1 Å². The molecule has 0 aliphatic rings. The Balaban J connectivity index is 1.67. The van der Waals surface area contributed by atoms with Crippen molar-refractivity contribution in [3.8, 4) is 0 Å². The fourth-order valence-corrected chi connectivity index (χ4v) is 4.02. The van der Waals surface area contributed by atoms with Crippen molar-refractivity contribution in [3.05, 3.63) is 50.1 Å². The first-order valence-electron chi connectivity index (χ1n) is 8.33. The van der Waals surface area contributed by atoms with Gasteiger partial charge in [-0.3, -0.25) is 18.7 Å². The number of thiophene rings is 1. The predicted molar refractivity (Wildman–Crippen MR) is 104 cm³/mol. The topological polar surface area (TPSA) is 73.1 Å². The molecule has 0 aliphatic carbocycles. The number of anilines is 1. The minimum absolute atomic E-state index is 0.0112. The van der Waals surface area contributed by atoms with E-state index in [9.17, 15) is 14.4 Å². The first kappa shape index (κ1) is 18.1. The summed E-state index contributed by atoms with van der Waals surface area (Å²) in [6.45, 7) is 3.89. The van der Waals surface area contributed by atoms with E-state index in [-0.39, 0.29) is 30.2 Å². The van der Waals surface area contributed by atoms with Gasteiger partial charge in [-0.1, -0.05) is 0 Å². The minimum atomic E-state index is -0.219. The zero-order valence-electron chi connectivity index (χ0n) is 15.3. The minimum Gasteiger partial charge on any atom is -0.326 e. The Bertz CT molecular complexity index is 1070. The van der Waals surface area contributed by atoms with Gasteiger partial charge in [-0.2, -0.15) is 0 Å². The molecule has 0 fully saturated rings. The molecule has 1 N–H and O–H groups in total. The van der Waals surface area contributed by atoms with E-state index in [0.29, 0.717) is 11.3 Å². The van der Waals surface area contributed by atoms with Gasteiger partial charge in [0.1, 0.15) is 0 Å². The number of imidazole rings is 1. The number of aryl methyl sites for hydroxylation is 4. The van der Waals surface area contributed by atoms with E-state index in [0.717, 1.165) is 20.8 Å². The Labute approximate surface area is 155 Å². The summed E-state index contributed by atoms with van der Waals surface area (Å²) in [6.07, 6.45) is 0.299. The van der Waals surface area contributed by atoms with Crippen LogP contribution in [-0.4, -0.2) is 20.8 Å². The van der Waals surface area contributed by atoms with Gasteiger partial charge >= 0.3 is 5.69 Å². The largest absolute Gasteiger partial charge is 0.328 e. The number of ketones is 1. The lowest BCUT2D eigenvalue weighted by Gasteiger charge is -2.06. The third-order valence-corrected chi connectivity index (χ3v) is 5.44. The summed E-state index contributed by atoms with van der Waals surface area (Å²) >= 11 is 1.59. The number of hydrogen-bond donors (Lipinski definition) is 1. The molecule has 0 radical (unpaired) electrons. The van der Waals surface area contributed by atoms with E-state index < -0.39 is 0 Å². The van der Waals surface area contributed by atoms with Crippen LogP contribution in [0.2, 0.25) is 0 Å². The zero-order valence-corrected chi connectivity index (χ0v) is 16.1. The molecule has 0 atom stereocenters. The maximum Gasteiger partial charge on any atom is 0.328 e. The molecule has 136 valence electrons. The van der Waals surface area contributed by atoms with E-state index in [1.54, 1.807) is 48.2 Å². The van der Waals surface area contributed by atoms with Crippen LogP contribution in [0.1, 0.15) is 33.0 Å². The van der Waals surface area contributed by atoms with Crippen molar-refractivity contribution in [1.82, 2.24) is 9.13 Å². The number of carbonyl (C=O) groups excluding carboxylic acids is 2. The van der Waals surface area contributed by atoms with Crippen molar-refractivity contribution in [2.45, 2.75) is 26.7 Å². The van der Waals surface area contributed by atoms with E-state index in [1.165, 1.54) is 4.57 Å². The maximum atomic E-state index is 12.3. The SMILES string of the molecule is Cc1cc(C(=O)CCC(=O)Nc2ccc3c(c2)n(C)c(=O)n3C)c(C)s1. The third kappa shape index (κ3) is 3.35. The standard InChI is InChI=1S/C19H21N3O3S/c1-11-9-14(12(2)26-11)17(23)7-8-18(24)20-13-5-6-15-16(10-13)22(4)19(25)21(15)3/h5-6,9-10H,7-8H2,1-4H3,(H,20,24). The normalized spacial score (nSPS) is 11.1. The number of carbonyl (C=O) groups is 2. The molecule has 3 rings (SSSR count). The Morgan fingerprint density at radius 3 is 2.38 bits per heavy atom. The molecule has 0 saturated heterocycles. The number of nitrogens with one attached hydrogen (secondary N) is 1. The number of benzene rings is 1. The summed E-state index contributed by atoms with van der Waals surface area (Å²) in [5.74, 6) is -0.230. The number of rotatable bonds is 5. The zero-order chi connectivity index (χ0) is 19.0. The second kappa shape index (κ2) is 6.92. The van der Waals surface area contributed by atoms with Crippen LogP contribution >= 0.6 is 11.3 Å². The maximum absolute atomic E-state index is 12.3. The number of amides is 1. The molecular formula is C19H21N3O3S. The smallest absolute Gasteiger partial charge is 0.326 e. The molecule has 2 heterocycles. The lowest BCUT2D eigenvalue weighted by atomic mass is 10.1. The van der Waals surface area contributed by atoms with Crippen molar-refractivity contribution in [2.75, 3.05) is 5.32 Å². The molecule has 0 spiro atoms. The highest BCUT2D eigenvalue weighted by Gasteiger charge is 2.14. The molecule has 0 aliphatic heterocycles. The number of nitrogens with zero attached hydrogens (tertiary/aromatic N) is 2. The number of hydrogen-bond acceptors (Lipinski definition) is 4. The van der Waals surface area contributed by atoms with Gasteiger partial charge in [0.15, 0.2) is 5.78 Å². The summed E-state index contributed by atoms with van der Waals surface area (Å²) in [6, 6.07) is 7.20. The van der Waals surface area contributed by atoms with E-state index in [4.69, 9.17) is 0 Å². The van der Waals surface area contributed by atoms with Crippen LogP contribution < -0.4 is 11.0 Å². The summed E-state index contributed by atoms with van der Waals surface area (Å²) in [5.41, 5.74) is 2.75. The van der Waals surface area contributed by atoms with E-state index in [2.05, 4.69) is 5.32 Å². The Morgan fingerprint density at radius 2 is 1.73 bits per heavy atom. The monoisotopic (exact) mass is 371 g/mol. The molecule has 1 aromatic carbocycles. The fourth-order valence-electron chi connectivity index (χ4n) is 3.08. The van der Waals surface area contributed by atoms with Crippen molar-refractivity contribution < 1.29 is 9.59 Å². The first-order valence-corrected chi connectivity index (χ1v) is 9.15. The molecule has 6 nitrogen and oxygen atoms in total. The molecule has 0 unspecified atom stereocenters. The van der Waals surface area contributed by atoms with E-state index >= 15 is 0 Å². The second-order valence-electron chi connectivity index (χ2n) is 6.40. The van der Waals surface area contributed by atoms with Gasteiger partial charge in [0.2, 0.25) is 5.91 Å². The highest BCUT2D eigenvalue weighted by molar-refractivity contribution is 7.12. The molecular weight excluding hydrogens is 350 g/mol. The number of aromatic nitrogens is 2. The fraction of sp³-hybridized carbons (Fsp3) is 0.316. The molecule has 2 aromatic heterocycles. The van der Waals surface area contributed by atoms with Crippen LogP contribution in [0.3, 0.4) is 0 Å². The summed E-state index contributed by atoms with van der Waals surface area (Å²) in [5, 5.41) is 2.80. The third-order valence-electron chi connectivity index (χ3n) is 4.48. The molecule has 3 aromatic rings. The van der Waals surface area contributed by atoms with Crippen LogP contribution in [0.25, 0.3) is 11.0 Å². The molecule has 0 bridgehead atoms. The second-order valence-corrected chi connectivity index (χ2v) is 7.86. The Hall–Kier alpha value is -2.67. The average Bonchev–Trinajstić information content (AvgIpc) is 3.05. The lowest BCUT2D eigenvalue weighted by Crippen LogP contribution is -2.19. The summed E-state index contributed by atoms with van der Waals surface area (Å²) in [7, 11) is 3.41. The quantitative estimate of drug-likeness (QED) is 0.700. The molecule has 1 amide bonds. The summed E-state index contributed by atoms with van der Waals surface area (Å²) < 4.78 is 3.10. The van der Waals surface area contributed by atoms with Gasteiger partial charge in [0, 0.05) is 47.9 Å². The van der Waals surface area contributed by atoms with Gasteiger partial charge in [0.25, 0.3) is 0 Å². The van der Waals surface area contributed by atoms with Gasteiger partial charge in [0.05, 0.1) is 11.0 Å².